The van der Waals surface area contributed by atoms with Crippen molar-refractivity contribution < 1.29 is 13.9 Å². The molecule has 3 rings (SSSR count). The van der Waals surface area contributed by atoms with E-state index in [1.165, 1.54) is 6.07 Å². The highest BCUT2D eigenvalue weighted by molar-refractivity contribution is 5.80. The van der Waals surface area contributed by atoms with Crippen LogP contribution in [-0.4, -0.2) is 5.97 Å². The maximum absolute atomic E-state index is 12.1. The Morgan fingerprint density at radius 1 is 1.09 bits per heavy atom. The molecule has 0 radical (unpaired) electrons. The smallest absolute Gasteiger partial charge is 0.336 e. The normalized spacial score (nSPS) is 12.0. The summed E-state index contributed by atoms with van der Waals surface area (Å²) in [5, 5.41) is 0.780. The van der Waals surface area contributed by atoms with Gasteiger partial charge in [-0.05, 0) is 29.7 Å². The fourth-order valence-electron chi connectivity index (χ4n) is 2.43. The molecule has 0 spiro atoms. The van der Waals surface area contributed by atoms with Gasteiger partial charge in [0.25, 0.3) is 0 Å². The monoisotopic (exact) mass is 308 g/mol. The lowest BCUT2D eigenvalue weighted by Gasteiger charge is -2.11. The first-order valence-corrected chi connectivity index (χ1v) is 7.41. The number of ether oxygens (including phenoxy) is 1. The molecule has 0 aliphatic carbocycles. The van der Waals surface area contributed by atoms with E-state index in [1.807, 2.05) is 37.3 Å². The van der Waals surface area contributed by atoms with Crippen molar-refractivity contribution in [1.82, 2.24) is 0 Å². The van der Waals surface area contributed by atoms with Crippen LogP contribution in [-0.2, 0) is 4.79 Å². The first-order chi connectivity index (χ1) is 11.1. The van der Waals surface area contributed by atoms with Gasteiger partial charge in [0, 0.05) is 17.5 Å². The van der Waals surface area contributed by atoms with E-state index in [-0.39, 0.29) is 18.3 Å². The zero-order chi connectivity index (χ0) is 16.2. The number of esters is 1. The minimum Gasteiger partial charge on any atom is -0.426 e. The standard InChI is InChI=1S/C19H16O4/c1-13(14-5-3-2-4-6-14)11-19(21)22-16-9-7-15-8-10-18(20)23-17(15)12-16/h2-10,12-13H,11H2,1H3/t13-/m1/s1. The van der Waals surface area contributed by atoms with E-state index < -0.39 is 5.63 Å². The van der Waals surface area contributed by atoms with Crippen LogP contribution < -0.4 is 10.4 Å². The second-order valence-electron chi connectivity index (χ2n) is 5.44. The average molecular weight is 308 g/mol. The zero-order valence-electron chi connectivity index (χ0n) is 12.7. The Balaban J connectivity index is 1.71. The third kappa shape index (κ3) is 3.66. The Morgan fingerprint density at radius 2 is 1.83 bits per heavy atom. The quantitative estimate of drug-likeness (QED) is 0.417. The second kappa shape index (κ2) is 6.48. The molecule has 116 valence electrons. The Kier molecular flexibility index (Phi) is 4.24. The minimum atomic E-state index is -0.432. The molecule has 0 bridgehead atoms. The molecular formula is C19H16O4. The number of hydrogen-bond donors (Lipinski definition) is 0. The summed E-state index contributed by atoms with van der Waals surface area (Å²) in [6, 6.07) is 17.8. The van der Waals surface area contributed by atoms with Gasteiger partial charge in [-0.1, -0.05) is 37.3 Å². The Labute approximate surface area is 133 Å². The molecule has 0 saturated heterocycles. The molecular weight excluding hydrogens is 292 g/mol. The van der Waals surface area contributed by atoms with Gasteiger partial charge >= 0.3 is 11.6 Å². The summed E-state index contributed by atoms with van der Waals surface area (Å²) in [6.07, 6.45) is 0.279. The summed E-state index contributed by atoms with van der Waals surface area (Å²) in [5.74, 6) is 0.123. The number of carbonyl (C=O) groups is 1. The number of carbonyl (C=O) groups excluding carboxylic acids is 1. The van der Waals surface area contributed by atoms with Crippen LogP contribution in [0.3, 0.4) is 0 Å². The van der Waals surface area contributed by atoms with Crippen LogP contribution in [0.2, 0.25) is 0 Å². The van der Waals surface area contributed by atoms with Crippen LogP contribution >= 0.6 is 0 Å². The number of fused-ring (bicyclic) bond motifs is 1. The third-order valence-electron chi connectivity index (χ3n) is 3.67. The highest BCUT2D eigenvalue weighted by Gasteiger charge is 2.13. The summed E-state index contributed by atoms with van der Waals surface area (Å²) in [5.41, 5.74) is 1.06. The molecule has 0 N–H and O–H groups in total. The first kappa shape index (κ1) is 15.0. The largest absolute Gasteiger partial charge is 0.426 e. The molecule has 0 aliphatic rings. The van der Waals surface area contributed by atoms with Crippen molar-refractivity contribution in [3.8, 4) is 5.75 Å². The maximum atomic E-state index is 12.1. The minimum absolute atomic E-state index is 0.0714. The number of rotatable bonds is 4. The summed E-state index contributed by atoms with van der Waals surface area (Å²) in [7, 11) is 0. The molecule has 4 heteroatoms. The summed E-state index contributed by atoms with van der Waals surface area (Å²) >= 11 is 0. The van der Waals surface area contributed by atoms with Gasteiger partial charge in [0.1, 0.15) is 11.3 Å². The van der Waals surface area contributed by atoms with Crippen LogP contribution in [0.5, 0.6) is 5.75 Å². The molecule has 0 saturated carbocycles. The van der Waals surface area contributed by atoms with Crippen LogP contribution in [0.25, 0.3) is 11.0 Å². The molecule has 1 aromatic heterocycles. The zero-order valence-corrected chi connectivity index (χ0v) is 12.7. The van der Waals surface area contributed by atoms with Crippen molar-refractivity contribution in [2.45, 2.75) is 19.3 Å². The van der Waals surface area contributed by atoms with Gasteiger partial charge in [-0.3, -0.25) is 4.79 Å². The summed E-state index contributed by atoms with van der Waals surface area (Å²) in [6.45, 7) is 1.98. The van der Waals surface area contributed by atoms with E-state index in [9.17, 15) is 9.59 Å². The highest BCUT2D eigenvalue weighted by Crippen LogP contribution is 2.22. The molecule has 23 heavy (non-hydrogen) atoms. The van der Waals surface area contributed by atoms with Crippen LogP contribution in [0.15, 0.2) is 69.9 Å². The molecule has 0 unspecified atom stereocenters. The van der Waals surface area contributed by atoms with E-state index >= 15 is 0 Å². The molecule has 2 aromatic carbocycles. The van der Waals surface area contributed by atoms with Gasteiger partial charge < -0.3 is 9.15 Å². The molecule has 3 aromatic rings. The Bertz CT molecular complexity index is 881. The maximum Gasteiger partial charge on any atom is 0.336 e. The van der Waals surface area contributed by atoms with Gasteiger partial charge in [0.2, 0.25) is 0 Å². The second-order valence-corrected chi connectivity index (χ2v) is 5.44. The van der Waals surface area contributed by atoms with Crippen LogP contribution in [0, 0.1) is 0 Å². The SMILES string of the molecule is C[C@H](CC(=O)Oc1ccc2ccc(=O)oc2c1)c1ccccc1. The lowest BCUT2D eigenvalue weighted by molar-refractivity contribution is -0.134. The Morgan fingerprint density at radius 3 is 2.61 bits per heavy atom. The molecule has 0 fully saturated rings. The van der Waals surface area contributed by atoms with E-state index in [0.717, 1.165) is 10.9 Å². The first-order valence-electron chi connectivity index (χ1n) is 7.41. The number of hydrogen-bond acceptors (Lipinski definition) is 4. The van der Waals surface area contributed by atoms with Crippen LogP contribution in [0.1, 0.15) is 24.8 Å². The topological polar surface area (TPSA) is 56.5 Å². The lowest BCUT2D eigenvalue weighted by Crippen LogP contribution is -2.11. The van der Waals surface area contributed by atoms with Crippen LogP contribution in [0.4, 0.5) is 0 Å². The van der Waals surface area contributed by atoms with Gasteiger partial charge in [0.15, 0.2) is 0 Å². The predicted octanol–water partition coefficient (Wildman–Crippen LogP) is 3.89. The van der Waals surface area contributed by atoms with Crippen molar-refractivity contribution in [2.75, 3.05) is 0 Å². The van der Waals surface area contributed by atoms with Gasteiger partial charge in [-0.2, -0.15) is 0 Å². The van der Waals surface area contributed by atoms with Crippen molar-refractivity contribution in [3.05, 3.63) is 76.6 Å². The number of benzene rings is 2. The lowest BCUT2D eigenvalue weighted by atomic mass is 9.98. The highest BCUT2D eigenvalue weighted by atomic mass is 16.5. The van der Waals surface area contributed by atoms with E-state index in [4.69, 9.17) is 9.15 Å². The average Bonchev–Trinajstić information content (AvgIpc) is 2.55. The molecule has 1 atom stereocenters. The molecule has 0 aliphatic heterocycles. The summed E-state index contributed by atoms with van der Waals surface area (Å²) in [4.78, 5) is 23.3. The van der Waals surface area contributed by atoms with Gasteiger partial charge in [0.05, 0.1) is 6.42 Å². The van der Waals surface area contributed by atoms with Crippen molar-refractivity contribution in [3.63, 3.8) is 0 Å². The Hall–Kier alpha value is -2.88. The fraction of sp³-hybridized carbons (Fsp3) is 0.158. The fourth-order valence-corrected chi connectivity index (χ4v) is 2.43. The predicted molar refractivity (Wildman–Crippen MR) is 87.6 cm³/mol. The molecule has 4 nitrogen and oxygen atoms in total. The summed E-state index contributed by atoms with van der Waals surface area (Å²) < 4.78 is 10.4. The third-order valence-corrected chi connectivity index (χ3v) is 3.67. The van der Waals surface area contributed by atoms with Gasteiger partial charge in [-0.15, -0.1) is 0 Å². The van der Waals surface area contributed by atoms with E-state index in [2.05, 4.69) is 0 Å². The molecule has 0 amide bonds. The van der Waals surface area contributed by atoms with Gasteiger partial charge in [-0.25, -0.2) is 4.79 Å². The molecule has 1 heterocycles. The van der Waals surface area contributed by atoms with Crippen molar-refractivity contribution in [1.29, 1.82) is 0 Å². The van der Waals surface area contributed by atoms with Crippen molar-refractivity contribution in [2.24, 2.45) is 0 Å². The van der Waals surface area contributed by atoms with E-state index in [0.29, 0.717) is 11.3 Å². The van der Waals surface area contributed by atoms with E-state index in [1.54, 1.807) is 24.3 Å². The van der Waals surface area contributed by atoms with Crippen molar-refractivity contribution >= 4 is 16.9 Å².